The van der Waals surface area contributed by atoms with Gasteiger partial charge in [0.25, 0.3) is 0 Å². The van der Waals surface area contributed by atoms with Gasteiger partial charge in [0.05, 0.1) is 16.6 Å². The van der Waals surface area contributed by atoms with Gasteiger partial charge in [0.15, 0.2) is 0 Å². The van der Waals surface area contributed by atoms with E-state index in [1.54, 1.807) is 6.20 Å². The van der Waals surface area contributed by atoms with E-state index in [4.69, 9.17) is 9.72 Å². The van der Waals surface area contributed by atoms with Crippen LogP contribution in [0.25, 0.3) is 22.2 Å². The first-order chi connectivity index (χ1) is 12.2. The van der Waals surface area contributed by atoms with Gasteiger partial charge < -0.3 is 10.1 Å². The van der Waals surface area contributed by atoms with Crippen molar-refractivity contribution in [3.8, 4) is 17.1 Å². The zero-order chi connectivity index (χ0) is 17.2. The lowest BCUT2D eigenvalue weighted by atomic mass is 10.0. The smallest absolute Gasteiger partial charge is 0.223 e. The summed E-state index contributed by atoms with van der Waals surface area (Å²) in [6, 6.07) is 15.8. The molecule has 2 aromatic heterocycles. The van der Waals surface area contributed by atoms with Crippen LogP contribution >= 0.6 is 0 Å². The van der Waals surface area contributed by atoms with E-state index in [1.807, 2.05) is 55.5 Å². The minimum absolute atomic E-state index is 0.0815. The van der Waals surface area contributed by atoms with Gasteiger partial charge in [-0.3, -0.25) is 9.78 Å². The first-order valence-electron chi connectivity index (χ1n) is 8.45. The standard InChI is InChI=1S/C20H19N3O2/c1-13(15-10-19(24)22-12-15)25-20-16-8-5-9-21-18(16)11-17(23-20)14-6-3-2-4-7-14/h2-9,11,13,15H,10,12H2,1H3,(H,22,24). The Hall–Kier alpha value is -2.95. The first-order valence-corrected chi connectivity index (χ1v) is 8.45. The lowest BCUT2D eigenvalue weighted by molar-refractivity contribution is -0.119. The number of amides is 1. The molecule has 1 aliphatic rings. The maximum atomic E-state index is 11.5. The largest absolute Gasteiger partial charge is 0.474 e. The highest BCUT2D eigenvalue weighted by atomic mass is 16.5. The predicted octanol–water partition coefficient (Wildman–Crippen LogP) is 3.20. The van der Waals surface area contributed by atoms with E-state index >= 15 is 0 Å². The summed E-state index contributed by atoms with van der Waals surface area (Å²) in [7, 11) is 0. The highest BCUT2D eigenvalue weighted by molar-refractivity contribution is 5.86. The third kappa shape index (κ3) is 3.18. The maximum absolute atomic E-state index is 11.5. The Morgan fingerprint density at radius 3 is 2.80 bits per heavy atom. The number of carbonyl (C=O) groups excluding carboxylic acids is 1. The molecule has 0 saturated carbocycles. The monoisotopic (exact) mass is 333 g/mol. The third-order valence-electron chi connectivity index (χ3n) is 4.60. The molecule has 0 bridgehead atoms. The quantitative estimate of drug-likeness (QED) is 0.796. The first kappa shape index (κ1) is 15.6. The molecule has 0 spiro atoms. The molecule has 25 heavy (non-hydrogen) atoms. The molecule has 1 N–H and O–H groups in total. The van der Waals surface area contributed by atoms with E-state index in [0.29, 0.717) is 18.8 Å². The minimum atomic E-state index is -0.110. The van der Waals surface area contributed by atoms with E-state index in [1.165, 1.54) is 0 Å². The van der Waals surface area contributed by atoms with Crippen LogP contribution in [0, 0.1) is 5.92 Å². The minimum Gasteiger partial charge on any atom is -0.474 e. The average molecular weight is 333 g/mol. The fourth-order valence-electron chi connectivity index (χ4n) is 3.12. The Morgan fingerprint density at radius 1 is 1.20 bits per heavy atom. The van der Waals surface area contributed by atoms with E-state index < -0.39 is 0 Å². The van der Waals surface area contributed by atoms with Crippen LogP contribution < -0.4 is 10.1 Å². The summed E-state index contributed by atoms with van der Waals surface area (Å²) in [5.74, 6) is 0.802. The van der Waals surface area contributed by atoms with Gasteiger partial charge in [-0.25, -0.2) is 4.98 Å². The molecule has 5 nitrogen and oxygen atoms in total. The van der Waals surface area contributed by atoms with Gasteiger partial charge in [0, 0.05) is 30.6 Å². The number of nitrogens with one attached hydrogen (secondary N) is 1. The van der Waals surface area contributed by atoms with Crippen molar-refractivity contribution in [1.82, 2.24) is 15.3 Å². The topological polar surface area (TPSA) is 64.1 Å². The number of ether oxygens (including phenoxy) is 1. The highest BCUT2D eigenvalue weighted by Gasteiger charge is 2.28. The molecule has 2 unspecified atom stereocenters. The second-order valence-corrected chi connectivity index (χ2v) is 6.34. The second-order valence-electron chi connectivity index (χ2n) is 6.34. The molecular weight excluding hydrogens is 314 g/mol. The fourth-order valence-corrected chi connectivity index (χ4v) is 3.12. The van der Waals surface area contributed by atoms with Gasteiger partial charge in [0.2, 0.25) is 11.8 Å². The van der Waals surface area contributed by atoms with Crippen LogP contribution in [0.2, 0.25) is 0 Å². The van der Waals surface area contributed by atoms with Crippen molar-refractivity contribution in [1.29, 1.82) is 0 Å². The van der Waals surface area contributed by atoms with Gasteiger partial charge >= 0.3 is 0 Å². The number of hydrogen-bond donors (Lipinski definition) is 1. The fraction of sp³-hybridized carbons (Fsp3) is 0.250. The normalized spacial score (nSPS) is 18.1. The van der Waals surface area contributed by atoms with Gasteiger partial charge in [-0.05, 0) is 25.1 Å². The molecule has 5 heteroatoms. The van der Waals surface area contributed by atoms with Crippen LogP contribution in [-0.4, -0.2) is 28.5 Å². The van der Waals surface area contributed by atoms with Gasteiger partial charge in [-0.2, -0.15) is 0 Å². The van der Waals surface area contributed by atoms with Crippen LogP contribution in [-0.2, 0) is 4.79 Å². The third-order valence-corrected chi connectivity index (χ3v) is 4.60. The zero-order valence-electron chi connectivity index (χ0n) is 14.0. The van der Waals surface area contributed by atoms with Crippen molar-refractivity contribution in [2.45, 2.75) is 19.4 Å². The van der Waals surface area contributed by atoms with E-state index in [-0.39, 0.29) is 17.9 Å². The molecule has 3 heterocycles. The number of carbonyl (C=O) groups is 1. The van der Waals surface area contributed by atoms with Gasteiger partial charge in [-0.1, -0.05) is 30.3 Å². The summed E-state index contributed by atoms with van der Waals surface area (Å²) in [4.78, 5) is 20.7. The number of nitrogens with zero attached hydrogens (tertiary/aromatic N) is 2. The molecule has 126 valence electrons. The Bertz CT molecular complexity index is 911. The molecule has 1 aliphatic heterocycles. The molecular formula is C20H19N3O2. The number of aromatic nitrogens is 2. The summed E-state index contributed by atoms with van der Waals surface area (Å²) in [6.07, 6.45) is 2.15. The molecule has 4 rings (SSSR count). The van der Waals surface area contributed by atoms with Crippen LogP contribution in [0.5, 0.6) is 5.88 Å². The molecule has 1 amide bonds. The highest BCUT2D eigenvalue weighted by Crippen LogP contribution is 2.30. The Balaban J connectivity index is 1.72. The van der Waals surface area contributed by atoms with Crippen molar-refractivity contribution in [2.24, 2.45) is 5.92 Å². The summed E-state index contributed by atoms with van der Waals surface area (Å²) in [5, 5.41) is 3.74. The predicted molar refractivity (Wildman–Crippen MR) is 96.2 cm³/mol. The Kier molecular flexibility index (Phi) is 4.06. The van der Waals surface area contributed by atoms with Crippen molar-refractivity contribution >= 4 is 16.8 Å². The second kappa shape index (κ2) is 6.51. The molecule has 2 atom stereocenters. The van der Waals surface area contributed by atoms with Crippen LogP contribution in [0.3, 0.4) is 0 Å². The average Bonchev–Trinajstić information content (AvgIpc) is 3.09. The molecule has 1 fully saturated rings. The van der Waals surface area contributed by atoms with E-state index in [0.717, 1.165) is 22.2 Å². The molecule has 0 radical (unpaired) electrons. The summed E-state index contributed by atoms with van der Waals surface area (Å²) >= 11 is 0. The van der Waals surface area contributed by atoms with E-state index in [9.17, 15) is 4.79 Å². The van der Waals surface area contributed by atoms with Crippen LogP contribution in [0.15, 0.2) is 54.7 Å². The molecule has 1 aromatic carbocycles. The summed E-state index contributed by atoms with van der Waals surface area (Å²) < 4.78 is 6.18. The number of benzene rings is 1. The van der Waals surface area contributed by atoms with Crippen molar-refractivity contribution in [3.05, 3.63) is 54.7 Å². The van der Waals surface area contributed by atoms with Crippen molar-refractivity contribution in [3.63, 3.8) is 0 Å². The summed E-state index contributed by atoms with van der Waals surface area (Å²) in [5.41, 5.74) is 2.69. The van der Waals surface area contributed by atoms with E-state index in [2.05, 4.69) is 10.3 Å². The lowest BCUT2D eigenvalue weighted by Gasteiger charge is -2.20. The number of pyridine rings is 2. The van der Waals surface area contributed by atoms with Crippen LogP contribution in [0.4, 0.5) is 0 Å². The van der Waals surface area contributed by atoms with Gasteiger partial charge in [-0.15, -0.1) is 0 Å². The van der Waals surface area contributed by atoms with Crippen LogP contribution in [0.1, 0.15) is 13.3 Å². The summed E-state index contributed by atoms with van der Waals surface area (Å²) in [6.45, 7) is 2.64. The number of hydrogen-bond acceptors (Lipinski definition) is 4. The number of rotatable bonds is 4. The van der Waals surface area contributed by atoms with Gasteiger partial charge in [0.1, 0.15) is 6.10 Å². The molecule has 0 aliphatic carbocycles. The number of fused-ring (bicyclic) bond motifs is 1. The van der Waals surface area contributed by atoms with Crippen molar-refractivity contribution < 1.29 is 9.53 Å². The van der Waals surface area contributed by atoms with Crippen molar-refractivity contribution in [2.75, 3.05) is 6.54 Å². The Morgan fingerprint density at radius 2 is 2.04 bits per heavy atom. The molecule has 3 aromatic rings. The zero-order valence-corrected chi connectivity index (χ0v) is 14.0. The SMILES string of the molecule is CC(Oc1nc(-c2ccccc2)cc2ncccc12)C1CNC(=O)C1. The lowest BCUT2D eigenvalue weighted by Crippen LogP contribution is -2.26. The molecule has 1 saturated heterocycles. The Labute approximate surface area is 146 Å². The maximum Gasteiger partial charge on any atom is 0.223 e.